The molecular formula is C17H16ClN5O3. The number of carbonyl (C=O) groups is 1. The highest BCUT2D eigenvalue weighted by Gasteiger charge is 2.27. The summed E-state index contributed by atoms with van der Waals surface area (Å²) in [4.78, 5) is 37.9. The number of aromatic amines is 1. The SMILES string of the molecule is COc1cnc(C(=O)N2CCc3[nH]c4c(Cl)n(C)c(=O)cc4c3C2)nc1. The van der Waals surface area contributed by atoms with Crippen molar-refractivity contribution in [3.05, 3.63) is 51.0 Å². The first-order valence-corrected chi connectivity index (χ1v) is 8.41. The number of carbonyl (C=O) groups excluding carboxylic acids is 1. The van der Waals surface area contributed by atoms with Crippen LogP contribution in [-0.4, -0.2) is 44.0 Å². The van der Waals surface area contributed by atoms with Crippen LogP contribution in [0.3, 0.4) is 0 Å². The van der Waals surface area contributed by atoms with E-state index in [1.54, 1.807) is 18.0 Å². The van der Waals surface area contributed by atoms with Gasteiger partial charge in [0.15, 0.2) is 5.75 Å². The van der Waals surface area contributed by atoms with Gasteiger partial charge in [-0.1, -0.05) is 11.6 Å². The van der Waals surface area contributed by atoms with Crippen molar-refractivity contribution in [2.45, 2.75) is 13.0 Å². The summed E-state index contributed by atoms with van der Waals surface area (Å²) < 4.78 is 6.40. The Balaban J connectivity index is 1.69. The second kappa shape index (κ2) is 6.14. The van der Waals surface area contributed by atoms with Gasteiger partial charge in [-0.15, -0.1) is 0 Å². The van der Waals surface area contributed by atoms with Crippen molar-refractivity contribution < 1.29 is 9.53 Å². The molecule has 0 radical (unpaired) electrons. The van der Waals surface area contributed by atoms with E-state index in [1.165, 1.54) is 24.1 Å². The Hall–Kier alpha value is -2.87. The smallest absolute Gasteiger partial charge is 0.291 e. The highest BCUT2D eigenvalue weighted by molar-refractivity contribution is 6.34. The molecule has 1 aliphatic heterocycles. The number of pyridine rings is 1. The van der Waals surface area contributed by atoms with Crippen LogP contribution in [0.15, 0.2) is 23.3 Å². The molecule has 4 heterocycles. The van der Waals surface area contributed by atoms with Gasteiger partial charge in [-0.05, 0) is 0 Å². The minimum absolute atomic E-state index is 0.114. The van der Waals surface area contributed by atoms with E-state index in [-0.39, 0.29) is 17.3 Å². The lowest BCUT2D eigenvalue weighted by atomic mass is 10.0. The summed E-state index contributed by atoms with van der Waals surface area (Å²) in [5, 5.41) is 1.11. The minimum Gasteiger partial charge on any atom is -0.494 e. The van der Waals surface area contributed by atoms with Gasteiger partial charge < -0.3 is 19.2 Å². The number of nitrogens with zero attached hydrogens (tertiary/aromatic N) is 4. The molecule has 4 rings (SSSR count). The summed E-state index contributed by atoms with van der Waals surface area (Å²) in [6.45, 7) is 0.898. The summed E-state index contributed by atoms with van der Waals surface area (Å²) in [5.41, 5.74) is 2.43. The quantitative estimate of drug-likeness (QED) is 0.687. The van der Waals surface area contributed by atoms with Gasteiger partial charge in [0, 0.05) is 49.3 Å². The molecule has 0 bridgehead atoms. The number of aromatic nitrogens is 4. The van der Waals surface area contributed by atoms with Crippen LogP contribution in [0.25, 0.3) is 10.9 Å². The average molecular weight is 374 g/mol. The highest BCUT2D eigenvalue weighted by atomic mass is 35.5. The third-order valence-corrected chi connectivity index (χ3v) is 5.10. The van der Waals surface area contributed by atoms with E-state index >= 15 is 0 Å². The standard InChI is InChI=1S/C17H16ClN5O3/c1-22-13(24)5-10-11-8-23(4-3-12(11)21-14(10)15(22)18)17(25)16-19-6-9(26-2)7-20-16/h5-7,21H,3-4,8H2,1-2H3. The zero-order chi connectivity index (χ0) is 18.4. The number of H-pyrrole nitrogens is 1. The van der Waals surface area contributed by atoms with Crippen LogP contribution >= 0.6 is 11.6 Å². The summed E-state index contributed by atoms with van der Waals surface area (Å²) in [7, 11) is 3.14. The van der Waals surface area contributed by atoms with Crippen molar-refractivity contribution in [2.75, 3.05) is 13.7 Å². The van der Waals surface area contributed by atoms with Crippen LogP contribution in [0.4, 0.5) is 0 Å². The molecule has 3 aromatic rings. The molecule has 0 atom stereocenters. The Morgan fingerprint density at radius 3 is 2.77 bits per heavy atom. The number of rotatable bonds is 2. The van der Waals surface area contributed by atoms with E-state index in [4.69, 9.17) is 16.3 Å². The first-order chi connectivity index (χ1) is 12.5. The Kier molecular flexibility index (Phi) is 3.91. The number of nitrogens with one attached hydrogen (secondary N) is 1. The monoisotopic (exact) mass is 373 g/mol. The predicted molar refractivity (Wildman–Crippen MR) is 95.6 cm³/mol. The Labute approximate surface area is 153 Å². The number of hydrogen-bond donors (Lipinski definition) is 1. The zero-order valence-electron chi connectivity index (χ0n) is 14.2. The lowest BCUT2D eigenvalue weighted by Gasteiger charge is -2.26. The number of ether oxygens (including phenoxy) is 1. The molecule has 0 aromatic carbocycles. The van der Waals surface area contributed by atoms with E-state index in [1.807, 2.05) is 0 Å². The van der Waals surface area contributed by atoms with Crippen LogP contribution < -0.4 is 10.3 Å². The summed E-state index contributed by atoms with van der Waals surface area (Å²) in [6.07, 6.45) is 3.57. The van der Waals surface area contributed by atoms with Crippen LogP contribution in [0, 0.1) is 0 Å². The molecule has 8 nitrogen and oxygen atoms in total. The van der Waals surface area contributed by atoms with Crippen LogP contribution in [0.5, 0.6) is 5.75 Å². The van der Waals surface area contributed by atoms with E-state index in [0.29, 0.717) is 35.9 Å². The van der Waals surface area contributed by atoms with Crippen molar-refractivity contribution in [3.63, 3.8) is 0 Å². The molecule has 0 saturated carbocycles. The van der Waals surface area contributed by atoms with E-state index in [2.05, 4.69) is 15.0 Å². The van der Waals surface area contributed by atoms with Crippen molar-refractivity contribution in [2.24, 2.45) is 7.05 Å². The molecule has 3 aromatic heterocycles. The first kappa shape index (κ1) is 16.6. The molecular weight excluding hydrogens is 358 g/mol. The van der Waals surface area contributed by atoms with Gasteiger partial charge in [-0.2, -0.15) is 0 Å². The second-order valence-corrected chi connectivity index (χ2v) is 6.48. The molecule has 26 heavy (non-hydrogen) atoms. The van der Waals surface area contributed by atoms with Crippen molar-refractivity contribution in [1.82, 2.24) is 24.4 Å². The fraction of sp³-hybridized carbons (Fsp3) is 0.294. The van der Waals surface area contributed by atoms with Crippen LogP contribution in [0.1, 0.15) is 21.9 Å². The molecule has 1 amide bonds. The van der Waals surface area contributed by atoms with Gasteiger partial charge >= 0.3 is 0 Å². The maximum Gasteiger partial charge on any atom is 0.291 e. The zero-order valence-corrected chi connectivity index (χ0v) is 15.0. The Bertz CT molecular complexity index is 1070. The van der Waals surface area contributed by atoms with Gasteiger partial charge in [0.25, 0.3) is 11.5 Å². The van der Waals surface area contributed by atoms with Gasteiger partial charge in [0.1, 0.15) is 5.15 Å². The van der Waals surface area contributed by atoms with Crippen molar-refractivity contribution in [1.29, 1.82) is 0 Å². The molecule has 0 aliphatic carbocycles. The normalized spacial score (nSPS) is 13.7. The maximum absolute atomic E-state index is 12.7. The Morgan fingerprint density at radius 2 is 2.08 bits per heavy atom. The number of fused-ring (bicyclic) bond motifs is 3. The van der Waals surface area contributed by atoms with Crippen LogP contribution in [-0.2, 0) is 20.0 Å². The van der Waals surface area contributed by atoms with E-state index in [0.717, 1.165) is 16.6 Å². The third kappa shape index (κ3) is 2.53. The molecule has 1 aliphatic rings. The Morgan fingerprint density at radius 1 is 1.35 bits per heavy atom. The third-order valence-electron chi connectivity index (χ3n) is 4.66. The van der Waals surface area contributed by atoms with Gasteiger partial charge in [0.05, 0.1) is 25.0 Å². The lowest BCUT2D eigenvalue weighted by Crippen LogP contribution is -2.36. The second-order valence-electron chi connectivity index (χ2n) is 6.13. The lowest BCUT2D eigenvalue weighted by molar-refractivity contribution is 0.0722. The van der Waals surface area contributed by atoms with E-state index < -0.39 is 0 Å². The molecule has 0 fully saturated rings. The van der Waals surface area contributed by atoms with Gasteiger partial charge in [-0.25, -0.2) is 9.97 Å². The number of amides is 1. The highest BCUT2D eigenvalue weighted by Crippen LogP contribution is 2.30. The first-order valence-electron chi connectivity index (χ1n) is 8.04. The van der Waals surface area contributed by atoms with Gasteiger partial charge in [-0.3, -0.25) is 9.59 Å². The summed E-state index contributed by atoms with van der Waals surface area (Å²) in [6, 6.07) is 1.55. The molecule has 0 unspecified atom stereocenters. The number of hydrogen-bond acceptors (Lipinski definition) is 5. The molecule has 1 N–H and O–H groups in total. The van der Waals surface area contributed by atoms with Gasteiger partial charge in [0.2, 0.25) is 5.82 Å². The fourth-order valence-electron chi connectivity index (χ4n) is 3.17. The largest absolute Gasteiger partial charge is 0.494 e. The summed E-state index contributed by atoms with van der Waals surface area (Å²) in [5.74, 6) is 0.343. The molecule has 134 valence electrons. The van der Waals surface area contributed by atoms with Crippen molar-refractivity contribution >= 4 is 28.4 Å². The minimum atomic E-state index is -0.261. The predicted octanol–water partition coefficient (Wildman–Crippen LogP) is 1.52. The molecule has 0 saturated heterocycles. The molecule has 9 heteroatoms. The summed E-state index contributed by atoms with van der Waals surface area (Å²) >= 11 is 6.29. The number of halogens is 1. The average Bonchev–Trinajstić information content (AvgIpc) is 3.03. The van der Waals surface area contributed by atoms with E-state index in [9.17, 15) is 9.59 Å². The maximum atomic E-state index is 12.7. The molecule has 0 spiro atoms. The number of methoxy groups -OCH3 is 1. The topological polar surface area (TPSA) is 93.1 Å². The van der Waals surface area contributed by atoms with Crippen molar-refractivity contribution in [3.8, 4) is 5.75 Å². The fourth-order valence-corrected chi connectivity index (χ4v) is 3.40. The van der Waals surface area contributed by atoms with Crippen LogP contribution in [0.2, 0.25) is 5.15 Å².